The van der Waals surface area contributed by atoms with Crippen molar-refractivity contribution in [3.8, 4) is 0 Å². The molecule has 148 valence electrons. The van der Waals surface area contributed by atoms with Crippen LogP contribution in [-0.2, 0) is 19.1 Å². The van der Waals surface area contributed by atoms with E-state index in [1.54, 1.807) is 0 Å². The molecule has 1 unspecified atom stereocenters. The van der Waals surface area contributed by atoms with E-state index in [2.05, 4.69) is 13.8 Å². The van der Waals surface area contributed by atoms with Gasteiger partial charge >= 0.3 is 11.9 Å². The molecule has 0 spiro atoms. The van der Waals surface area contributed by atoms with Crippen LogP contribution in [0.5, 0.6) is 0 Å². The lowest BCUT2D eigenvalue weighted by molar-refractivity contribution is -0.150. The molecule has 0 aliphatic carbocycles. The van der Waals surface area contributed by atoms with Crippen molar-refractivity contribution < 1.29 is 19.1 Å². The fourth-order valence-corrected chi connectivity index (χ4v) is 2.77. The molecule has 0 saturated carbocycles. The maximum absolute atomic E-state index is 11.7. The Morgan fingerprint density at radius 3 is 1.92 bits per heavy atom. The van der Waals surface area contributed by atoms with Gasteiger partial charge in [-0.25, -0.2) is 0 Å². The van der Waals surface area contributed by atoms with Crippen molar-refractivity contribution in [3.63, 3.8) is 0 Å². The van der Waals surface area contributed by atoms with E-state index < -0.39 is 0 Å². The van der Waals surface area contributed by atoms with Crippen LogP contribution in [0, 0.1) is 0 Å². The van der Waals surface area contributed by atoms with Crippen LogP contribution in [0.1, 0.15) is 111 Å². The zero-order valence-electron chi connectivity index (χ0n) is 16.8. The summed E-state index contributed by atoms with van der Waals surface area (Å²) in [6.07, 6.45) is 13.6. The second-order valence-electron chi connectivity index (χ2n) is 6.86. The van der Waals surface area contributed by atoms with Crippen LogP contribution in [0.25, 0.3) is 0 Å². The fourth-order valence-electron chi connectivity index (χ4n) is 2.77. The SMILES string of the molecule is CCCCCCCCCOC(=O)CCCCC(=O)OC(CC)CCC. The number of ether oxygens (including phenoxy) is 2. The summed E-state index contributed by atoms with van der Waals surface area (Å²) in [5.41, 5.74) is 0. The number of rotatable bonds is 17. The van der Waals surface area contributed by atoms with E-state index in [-0.39, 0.29) is 18.0 Å². The Hall–Kier alpha value is -1.06. The van der Waals surface area contributed by atoms with Gasteiger partial charge in [0.1, 0.15) is 6.10 Å². The zero-order chi connectivity index (χ0) is 18.8. The van der Waals surface area contributed by atoms with Gasteiger partial charge in [-0.05, 0) is 32.1 Å². The Kier molecular flexibility index (Phi) is 17.0. The molecule has 0 rings (SSSR count). The number of carbonyl (C=O) groups is 2. The molecule has 0 amide bonds. The summed E-state index contributed by atoms with van der Waals surface area (Å²) < 4.78 is 10.7. The minimum absolute atomic E-state index is 0.0458. The van der Waals surface area contributed by atoms with Crippen molar-refractivity contribution in [1.29, 1.82) is 0 Å². The molecule has 0 heterocycles. The van der Waals surface area contributed by atoms with E-state index in [1.807, 2.05) is 6.92 Å². The number of esters is 2. The standard InChI is InChI=1S/C21H40O4/c1-4-7-8-9-10-11-14-18-24-20(22)16-12-13-17-21(23)25-19(6-3)15-5-2/h19H,4-18H2,1-3H3. The highest BCUT2D eigenvalue weighted by Crippen LogP contribution is 2.10. The minimum Gasteiger partial charge on any atom is -0.466 e. The van der Waals surface area contributed by atoms with Crippen LogP contribution in [0.3, 0.4) is 0 Å². The van der Waals surface area contributed by atoms with Crippen LogP contribution in [0.15, 0.2) is 0 Å². The van der Waals surface area contributed by atoms with Gasteiger partial charge in [0.2, 0.25) is 0 Å². The molecular formula is C21H40O4. The third kappa shape index (κ3) is 16.2. The Morgan fingerprint density at radius 2 is 1.32 bits per heavy atom. The van der Waals surface area contributed by atoms with E-state index in [1.165, 1.54) is 32.1 Å². The summed E-state index contributed by atoms with van der Waals surface area (Å²) in [4.78, 5) is 23.4. The fraction of sp³-hybridized carbons (Fsp3) is 0.905. The number of hydrogen-bond acceptors (Lipinski definition) is 4. The maximum Gasteiger partial charge on any atom is 0.306 e. The topological polar surface area (TPSA) is 52.6 Å². The highest BCUT2D eigenvalue weighted by Gasteiger charge is 2.11. The molecule has 4 nitrogen and oxygen atoms in total. The second kappa shape index (κ2) is 17.8. The summed E-state index contributed by atoms with van der Waals surface area (Å²) in [6, 6.07) is 0. The van der Waals surface area contributed by atoms with Gasteiger partial charge in [0.25, 0.3) is 0 Å². The van der Waals surface area contributed by atoms with Gasteiger partial charge in [-0.3, -0.25) is 9.59 Å². The number of unbranched alkanes of at least 4 members (excludes halogenated alkanes) is 7. The quantitative estimate of drug-likeness (QED) is 0.238. The molecule has 0 radical (unpaired) electrons. The highest BCUT2D eigenvalue weighted by atomic mass is 16.5. The molecule has 0 aliphatic rings. The van der Waals surface area contributed by atoms with Crippen molar-refractivity contribution in [2.45, 2.75) is 117 Å². The van der Waals surface area contributed by atoms with Gasteiger partial charge in [-0.1, -0.05) is 65.7 Å². The van der Waals surface area contributed by atoms with E-state index in [0.717, 1.165) is 32.1 Å². The average Bonchev–Trinajstić information content (AvgIpc) is 2.60. The van der Waals surface area contributed by atoms with Crippen LogP contribution in [0.4, 0.5) is 0 Å². The van der Waals surface area contributed by atoms with Gasteiger partial charge in [0, 0.05) is 12.8 Å². The zero-order valence-corrected chi connectivity index (χ0v) is 16.8. The Morgan fingerprint density at radius 1 is 0.720 bits per heavy atom. The number of hydrogen-bond donors (Lipinski definition) is 0. The largest absolute Gasteiger partial charge is 0.466 e. The van der Waals surface area contributed by atoms with E-state index in [0.29, 0.717) is 32.3 Å². The first kappa shape index (κ1) is 23.9. The molecule has 0 bridgehead atoms. The molecular weight excluding hydrogens is 316 g/mol. The number of carbonyl (C=O) groups excluding carboxylic acids is 2. The van der Waals surface area contributed by atoms with Gasteiger partial charge in [0.05, 0.1) is 6.61 Å². The lowest BCUT2D eigenvalue weighted by Crippen LogP contribution is -2.17. The monoisotopic (exact) mass is 356 g/mol. The van der Waals surface area contributed by atoms with Crippen LogP contribution in [0.2, 0.25) is 0 Å². The summed E-state index contributed by atoms with van der Waals surface area (Å²) in [5, 5.41) is 0. The molecule has 0 aromatic heterocycles. The van der Waals surface area contributed by atoms with Crippen molar-refractivity contribution in [2.75, 3.05) is 6.61 Å². The molecule has 1 atom stereocenters. The molecule has 4 heteroatoms. The van der Waals surface area contributed by atoms with Crippen molar-refractivity contribution >= 4 is 11.9 Å². The summed E-state index contributed by atoms with van der Waals surface area (Å²) in [5.74, 6) is -0.284. The maximum atomic E-state index is 11.7. The molecule has 0 N–H and O–H groups in total. The molecule has 25 heavy (non-hydrogen) atoms. The smallest absolute Gasteiger partial charge is 0.306 e. The molecule has 0 aromatic carbocycles. The van der Waals surface area contributed by atoms with Crippen molar-refractivity contribution in [3.05, 3.63) is 0 Å². The first-order valence-corrected chi connectivity index (χ1v) is 10.5. The van der Waals surface area contributed by atoms with Gasteiger partial charge < -0.3 is 9.47 Å². The molecule has 0 aromatic rings. The lowest BCUT2D eigenvalue weighted by Gasteiger charge is -2.15. The molecule has 0 saturated heterocycles. The van der Waals surface area contributed by atoms with Crippen molar-refractivity contribution in [1.82, 2.24) is 0 Å². The predicted molar refractivity (Wildman–Crippen MR) is 102 cm³/mol. The van der Waals surface area contributed by atoms with Crippen LogP contribution in [-0.4, -0.2) is 24.6 Å². The third-order valence-corrected chi connectivity index (χ3v) is 4.39. The van der Waals surface area contributed by atoms with E-state index in [4.69, 9.17) is 9.47 Å². The molecule has 0 fully saturated rings. The lowest BCUT2D eigenvalue weighted by atomic mass is 10.1. The Labute approximate surface area is 155 Å². The van der Waals surface area contributed by atoms with Crippen LogP contribution < -0.4 is 0 Å². The summed E-state index contributed by atoms with van der Waals surface area (Å²) in [6.45, 7) is 6.88. The third-order valence-electron chi connectivity index (χ3n) is 4.39. The summed E-state index contributed by atoms with van der Waals surface area (Å²) >= 11 is 0. The normalized spacial score (nSPS) is 12.0. The first-order chi connectivity index (χ1) is 12.1. The minimum atomic E-state index is -0.142. The first-order valence-electron chi connectivity index (χ1n) is 10.5. The van der Waals surface area contributed by atoms with Gasteiger partial charge in [0.15, 0.2) is 0 Å². The second-order valence-corrected chi connectivity index (χ2v) is 6.86. The van der Waals surface area contributed by atoms with E-state index in [9.17, 15) is 9.59 Å². The van der Waals surface area contributed by atoms with Crippen LogP contribution >= 0.6 is 0 Å². The average molecular weight is 357 g/mol. The Balaban J connectivity index is 3.47. The van der Waals surface area contributed by atoms with E-state index >= 15 is 0 Å². The van der Waals surface area contributed by atoms with Crippen molar-refractivity contribution in [2.24, 2.45) is 0 Å². The summed E-state index contributed by atoms with van der Waals surface area (Å²) in [7, 11) is 0. The highest BCUT2D eigenvalue weighted by molar-refractivity contribution is 5.70. The van der Waals surface area contributed by atoms with Gasteiger partial charge in [-0.2, -0.15) is 0 Å². The predicted octanol–water partition coefficient (Wildman–Crippen LogP) is 5.96. The van der Waals surface area contributed by atoms with Gasteiger partial charge in [-0.15, -0.1) is 0 Å². The molecule has 0 aliphatic heterocycles. The Bertz CT molecular complexity index is 328.